The highest BCUT2D eigenvalue weighted by Crippen LogP contribution is 2.43. The SMILES string of the molecule is O=C(OCc1ccccc1)c1cc(C(c2ccc(C(c3cc(I)c(O)c(I)c3)c3cc(I)c(O)c(I)c3)cc2)c2cc(I)c(O)c(I)c2)cc(I)c1O. The number of phenolic OH excluding ortho intramolecular Hbond substituents is 4. The number of carbonyl (C=O) groups is 1. The van der Waals surface area contributed by atoms with Crippen LogP contribution < -0.4 is 0 Å². The average Bonchev–Trinajstić information content (AvgIpc) is 3.13. The molecular weight excluding hydrogens is 1460 g/mol. The van der Waals surface area contributed by atoms with Crippen molar-refractivity contribution in [3.8, 4) is 23.0 Å². The summed E-state index contributed by atoms with van der Waals surface area (Å²) in [4.78, 5) is 13.5. The lowest BCUT2D eigenvalue weighted by Gasteiger charge is -2.24. The third-order valence-corrected chi connectivity index (χ3v) is 14.3. The highest BCUT2D eigenvalue weighted by molar-refractivity contribution is 14.1. The molecule has 0 radical (unpaired) electrons. The zero-order valence-corrected chi connectivity index (χ0v) is 42.0. The minimum Gasteiger partial charge on any atom is -0.506 e. The van der Waals surface area contributed by atoms with Crippen LogP contribution in [0.1, 0.15) is 61.1 Å². The Hall–Kier alpha value is -0.900. The van der Waals surface area contributed by atoms with Crippen molar-refractivity contribution < 1.29 is 30.0 Å². The molecule has 0 amide bonds. The maximum Gasteiger partial charge on any atom is 0.342 e. The zero-order chi connectivity index (χ0) is 38.1. The van der Waals surface area contributed by atoms with E-state index in [-0.39, 0.29) is 47.0 Å². The van der Waals surface area contributed by atoms with Crippen molar-refractivity contribution in [2.45, 2.75) is 18.4 Å². The predicted octanol–water partition coefficient (Wildman–Crippen LogP) is 12.5. The van der Waals surface area contributed by atoms with E-state index in [0.29, 0.717) is 10.7 Å². The van der Waals surface area contributed by atoms with Crippen molar-refractivity contribution in [1.29, 1.82) is 0 Å². The molecule has 4 N–H and O–H groups in total. The summed E-state index contributed by atoms with van der Waals surface area (Å²) >= 11 is 14.9. The molecule has 53 heavy (non-hydrogen) atoms. The second kappa shape index (κ2) is 18.1. The van der Waals surface area contributed by atoms with E-state index in [1.165, 1.54) is 0 Å². The van der Waals surface area contributed by atoms with Crippen molar-refractivity contribution in [3.05, 3.63) is 173 Å². The molecule has 0 bridgehead atoms. The van der Waals surface area contributed by atoms with Gasteiger partial charge in [0.2, 0.25) is 0 Å². The van der Waals surface area contributed by atoms with Gasteiger partial charge < -0.3 is 25.2 Å². The Morgan fingerprint density at radius 1 is 0.453 bits per heavy atom. The van der Waals surface area contributed by atoms with Crippen LogP contribution in [-0.2, 0) is 11.3 Å². The zero-order valence-electron chi connectivity index (χ0n) is 26.9. The van der Waals surface area contributed by atoms with Gasteiger partial charge in [0, 0.05) is 11.8 Å². The topological polar surface area (TPSA) is 107 Å². The fraction of sp³-hybridized carbons (Fsp3) is 0.0750. The molecule has 270 valence electrons. The van der Waals surface area contributed by atoms with Gasteiger partial charge in [-0.2, -0.15) is 0 Å². The minimum atomic E-state index is -0.630. The van der Waals surface area contributed by atoms with E-state index in [4.69, 9.17) is 4.74 Å². The average molecular weight is 1490 g/mol. The number of benzene rings is 6. The molecule has 0 heterocycles. The molecule has 0 fully saturated rings. The van der Waals surface area contributed by atoms with Crippen LogP contribution >= 0.6 is 158 Å². The van der Waals surface area contributed by atoms with E-state index in [2.05, 4.69) is 160 Å². The van der Waals surface area contributed by atoms with Crippen LogP contribution in [0.5, 0.6) is 23.0 Å². The van der Waals surface area contributed by atoms with Crippen LogP contribution in [0.2, 0.25) is 0 Å². The Bertz CT molecular complexity index is 2220. The van der Waals surface area contributed by atoms with Crippen LogP contribution in [0.4, 0.5) is 0 Å². The summed E-state index contributed by atoms with van der Waals surface area (Å²) in [6.07, 6.45) is 0. The van der Waals surface area contributed by atoms with Gasteiger partial charge in [-0.05, 0) is 246 Å². The van der Waals surface area contributed by atoms with Crippen LogP contribution in [-0.4, -0.2) is 26.4 Å². The summed E-state index contributed by atoms with van der Waals surface area (Å²) in [6, 6.07) is 33.1. The molecule has 0 saturated carbocycles. The smallest absolute Gasteiger partial charge is 0.342 e. The number of phenols is 4. The van der Waals surface area contributed by atoms with Gasteiger partial charge in [-0.3, -0.25) is 0 Å². The van der Waals surface area contributed by atoms with Crippen molar-refractivity contribution in [1.82, 2.24) is 0 Å². The molecule has 1 unspecified atom stereocenters. The number of hydrogen-bond donors (Lipinski definition) is 4. The van der Waals surface area contributed by atoms with Gasteiger partial charge in [-0.25, -0.2) is 4.79 Å². The van der Waals surface area contributed by atoms with Crippen LogP contribution in [0.15, 0.2) is 103 Å². The molecule has 1 atom stereocenters. The molecule has 6 aromatic carbocycles. The number of halogens is 7. The summed E-state index contributed by atoms with van der Waals surface area (Å²) in [5.74, 6) is -0.688. The van der Waals surface area contributed by atoms with E-state index in [1.807, 2.05) is 95.4 Å². The molecule has 13 heteroatoms. The normalized spacial score (nSPS) is 11.8. The van der Waals surface area contributed by atoms with E-state index in [9.17, 15) is 25.2 Å². The van der Waals surface area contributed by atoms with Gasteiger partial charge in [0.1, 0.15) is 35.2 Å². The summed E-state index contributed by atoms with van der Waals surface area (Å²) in [6.45, 7) is 0.0681. The molecule has 0 aliphatic carbocycles. The first kappa shape index (κ1) is 41.7. The molecule has 0 saturated heterocycles. The molecule has 0 spiro atoms. The maximum atomic E-state index is 13.5. The Labute approximate surface area is 401 Å². The third kappa shape index (κ3) is 9.46. The van der Waals surface area contributed by atoms with Gasteiger partial charge in [-0.1, -0.05) is 54.6 Å². The van der Waals surface area contributed by atoms with Crippen LogP contribution in [0, 0.1) is 25.0 Å². The third-order valence-electron chi connectivity index (χ3n) is 8.57. The lowest BCUT2D eigenvalue weighted by atomic mass is 9.81. The molecule has 6 nitrogen and oxygen atoms in total. The Morgan fingerprint density at radius 3 is 1.13 bits per heavy atom. The molecule has 0 aliphatic heterocycles. The quantitative estimate of drug-likeness (QED) is 0.0653. The van der Waals surface area contributed by atoms with E-state index in [1.54, 1.807) is 6.07 Å². The fourth-order valence-electron chi connectivity index (χ4n) is 6.03. The largest absolute Gasteiger partial charge is 0.506 e. The first-order chi connectivity index (χ1) is 25.2. The first-order valence-electron chi connectivity index (χ1n) is 15.6. The molecular formula is C40H25I7O6. The predicted molar refractivity (Wildman–Crippen MR) is 265 cm³/mol. The number of esters is 1. The molecule has 0 aliphatic rings. The van der Waals surface area contributed by atoms with Gasteiger partial charge in [-0.15, -0.1) is 0 Å². The Kier molecular flexibility index (Phi) is 14.3. The molecule has 6 aromatic rings. The Balaban J connectivity index is 1.48. The van der Waals surface area contributed by atoms with Crippen molar-refractivity contribution in [3.63, 3.8) is 0 Å². The fourth-order valence-corrected chi connectivity index (χ4v) is 12.1. The highest BCUT2D eigenvalue weighted by atomic mass is 127. The van der Waals surface area contributed by atoms with Crippen LogP contribution in [0.25, 0.3) is 0 Å². The lowest BCUT2D eigenvalue weighted by Crippen LogP contribution is -2.11. The van der Waals surface area contributed by atoms with Crippen LogP contribution in [0.3, 0.4) is 0 Å². The van der Waals surface area contributed by atoms with Gasteiger partial charge >= 0.3 is 5.97 Å². The van der Waals surface area contributed by atoms with E-state index >= 15 is 0 Å². The maximum absolute atomic E-state index is 13.5. The van der Waals surface area contributed by atoms with Gasteiger partial charge in [0.15, 0.2) is 0 Å². The summed E-state index contributed by atoms with van der Waals surface area (Å²) in [7, 11) is 0. The molecule has 6 rings (SSSR count). The summed E-state index contributed by atoms with van der Waals surface area (Å²) < 4.78 is 10.5. The second-order valence-electron chi connectivity index (χ2n) is 12.0. The summed E-state index contributed by atoms with van der Waals surface area (Å²) in [5.41, 5.74) is 6.49. The van der Waals surface area contributed by atoms with Gasteiger partial charge in [0.05, 0.1) is 25.0 Å². The monoisotopic (exact) mass is 1490 g/mol. The number of rotatable bonds is 9. The van der Waals surface area contributed by atoms with E-state index in [0.717, 1.165) is 53.2 Å². The van der Waals surface area contributed by atoms with Crippen molar-refractivity contribution >= 4 is 164 Å². The minimum absolute atomic E-state index is 0.0681. The Morgan fingerprint density at radius 2 is 0.774 bits per heavy atom. The number of carbonyl (C=O) groups excluding carboxylic acids is 1. The number of ether oxygens (including phenoxy) is 1. The second-order valence-corrected chi connectivity index (χ2v) is 20.1. The summed E-state index contributed by atoms with van der Waals surface area (Å²) in [5, 5.41) is 43.0. The van der Waals surface area contributed by atoms with Gasteiger partial charge in [0.25, 0.3) is 0 Å². The number of hydrogen-bond acceptors (Lipinski definition) is 6. The van der Waals surface area contributed by atoms with E-state index < -0.39 is 5.97 Å². The van der Waals surface area contributed by atoms with Crippen molar-refractivity contribution in [2.24, 2.45) is 0 Å². The lowest BCUT2D eigenvalue weighted by molar-refractivity contribution is 0.0469. The highest BCUT2D eigenvalue weighted by Gasteiger charge is 2.26. The molecule has 0 aromatic heterocycles. The standard InChI is InChI=1S/C40H25I7O6/c41-27-11-22(10-26(36(27)48)40(52)53-18-19-4-2-1-3-5-19)34(23-12-28(42)37(49)29(43)13-23)20-6-8-21(9-7-20)35(24-14-30(44)38(50)31(45)15-24)25-16-32(46)39(51)33(47)17-25/h1-17,34-35,48-51H,18H2. The first-order valence-corrected chi connectivity index (χ1v) is 23.2. The number of aromatic hydroxyl groups is 4. The van der Waals surface area contributed by atoms with Crippen molar-refractivity contribution in [2.75, 3.05) is 0 Å².